The van der Waals surface area contributed by atoms with Crippen LogP contribution in [-0.4, -0.2) is 40.3 Å². The van der Waals surface area contributed by atoms with Crippen molar-refractivity contribution in [1.82, 2.24) is 4.90 Å². The quantitative estimate of drug-likeness (QED) is 0.675. The van der Waals surface area contributed by atoms with Gasteiger partial charge in [-0.2, -0.15) is 0 Å². The Morgan fingerprint density at radius 1 is 1.07 bits per heavy atom. The number of hydrogen-bond donors (Lipinski definition) is 2. The van der Waals surface area contributed by atoms with Crippen molar-refractivity contribution in [3.8, 4) is 0 Å². The third-order valence-corrected chi connectivity index (χ3v) is 4.40. The van der Waals surface area contributed by atoms with Crippen LogP contribution >= 0.6 is 0 Å². The van der Waals surface area contributed by atoms with Crippen molar-refractivity contribution in [2.45, 2.75) is 55.7 Å². The first-order valence-corrected chi connectivity index (χ1v) is 5.88. The first kappa shape index (κ1) is 9.13. The molecule has 0 aromatic rings. The van der Waals surface area contributed by atoms with Crippen LogP contribution in [0.15, 0.2) is 0 Å². The maximum atomic E-state index is 10.4. The molecule has 1 saturated heterocycles. The molecule has 0 unspecified atom stereocenters. The van der Waals surface area contributed by atoms with E-state index in [1.807, 2.05) is 0 Å². The zero-order chi connectivity index (χ0) is 9.81. The van der Waals surface area contributed by atoms with Gasteiger partial charge in [-0.25, -0.2) is 0 Å². The molecule has 2 saturated carbocycles. The van der Waals surface area contributed by atoms with Crippen LogP contribution in [0, 0.1) is 0 Å². The lowest BCUT2D eigenvalue weighted by molar-refractivity contribution is -0.0507. The molecule has 3 aliphatic rings. The van der Waals surface area contributed by atoms with E-state index in [0.29, 0.717) is 0 Å². The summed E-state index contributed by atoms with van der Waals surface area (Å²) in [6, 6.07) is 0.840. The summed E-state index contributed by atoms with van der Waals surface area (Å²) in [5.74, 6) is 0. The summed E-state index contributed by atoms with van der Waals surface area (Å²) in [6.07, 6.45) is 6.55. The minimum absolute atomic E-state index is 0.220. The molecule has 0 radical (unpaired) electrons. The second kappa shape index (κ2) is 2.71. The highest BCUT2D eigenvalue weighted by molar-refractivity contribution is 5.15. The Hall–Kier alpha value is -0.120. The van der Waals surface area contributed by atoms with Crippen LogP contribution in [-0.2, 0) is 0 Å². The lowest BCUT2D eigenvalue weighted by Crippen LogP contribution is -2.56. The zero-order valence-electron chi connectivity index (χ0n) is 8.71. The van der Waals surface area contributed by atoms with E-state index in [0.717, 1.165) is 44.8 Å². The first-order chi connectivity index (χ1) is 6.63. The van der Waals surface area contributed by atoms with E-state index in [1.165, 1.54) is 12.8 Å². The molecule has 0 aromatic heterocycles. The average Bonchev–Trinajstić information content (AvgIpc) is 2.99. The highest BCUT2D eigenvalue weighted by Crippen LogP contribution is 2.48. The maximum absolute atomic E-state index is 10.4. The van der Waals surface area contributed by atoms with Crippen LogP contribution in [0.2, 0.25) is 0 Å². The van der Waals surface area contributed by atoms with Crippen LogP contribution in [0.5, 0.6) is 0 Å². The number of nitrogens with zero attached hydrogens (tertiary/aromatic N) is 1. The summed E-state index contributed by atoms with van der Waals surface area (Å²) in [6.45, 7) is 2.11. The molecular formula is C11H20N2O. The molecule has 0 spiro atoms. The van der Waals surface area contributed by atoms with Crippen molar-refractivity contribution >= 4 is 0 Å². The number of nitrogens with two attached hydrogens (primary N) is 1. The minimum atomic E-state index is -0.543. The Balaban J connectivity index is 1.63. The fourth-order valence-electron chi connectivity index (χ4n) is 2.80. The van der Waals surface area contributed by atoms with Gasteiger partial charge >= 0.3 is 0 Å². The molecule has 3 N–H and O–H groups in total. The van der Waals surface area contributed by atoms with Crippen LogP contribution in [0.4, 0.5) is 0 Å². The fraction of sp³-hybridized carbons (Fsp3) is 1.00. The topological polar surface area (TPSA) is 49.5 Å². The van der Waals surface area contributed by atoms with Gasteiger partial charge in [0.15, 0.2) is 0 Å². The van der Waals surface area contributed by atoms with Crippen LogP contribution < -0.4 is 5.73 Å². The normalized spacial score (nSPS) is 35.6. The summed E-state index contributed by atoms with van der Waals surface area (Å²) >= 11 is 0. The third-order valence-electron chi connectivity index (χ3n) is 4.40. The van der Waals surface area contributed by atoms with Crippen molar-refractivity contribution in [2.75, 3.05) is 13.1 Å². The summed E-state index contributed by atoms with van der Waals surface area (Å²) in [5.41, 5.74) is 5.36. The second-order valence-corrected chi connectivity index (χ2v) is 5.45. The summed E-state index contributed by atoms with van der Waals surface area (Å²) in [5, 5.41) is 10.4. The van der Waals surface area contributed by atoms with E-state index >= 15 is 0 Å². The number of hydrogen-bond acceptors (Lipinski definition) is 3. The molecule has 3 rings (SSSR count). The Labute approximate surface area is 85.3 Å². The highest BCUT2D eigenvalue weighted by atomic mass is 16.3. The average molecular weight is 196 g/mol. The maximum Gasteiger partial charge on any atom is 0.0850 e. The lowest BCUT2D eigenvalue weighted by Gasteiger charge is -2.42. The van der Waals surface area contributed by atoms with E-state index in [-0.39, 0.29) is 5.54 Å². The van der Waals surface area contributed by atoms with Crippen molar-refractivity contribution in [3.05, 3.63) is 0 Å². The molecule has 3 heteroatoms. The Morgan fingerprint density at radius 3 is 2.07 bits per heavy atom. The Morgan fingerprint density at radius 2 is 1.64 bits per heavy atom. The fourth-order valence-corrected chi connectivity index (χ4v) is 2.80. The SMILES string of the molecule is NC1(C2(O)CCN(C3CC3)CC2)CC1. The molecule has 2 aliphatic carbocycles. The first-order valence-electron chi connectivity index (χ1n) is 5.88. The van der Waals surface area contributed by atoms with Gasteiger partial charge in [0, 0.05) is 24.7 Å². The predicted molar refractivity (Wildman–Crippen MR) is 54.9 cm³/mol. The number of piperidine rings is 1. The van der Waals surface area contributed by atoms with Crippen LogP contribution in [0.1, 0.15) is 38.5 Å². The molecule has 14 heavy (non-hydrogen) atoms. The molecule has 0 amide bonds. The monoisotopic (exact) mass is 196 g/mol. The lowest BCUT2D eigenvalue weighted by atomic mass is 9.82. The van der Waals surface area contributed by atoms with Gasteiger partial charge in [0.05, 0.1) is 5.60 Å². The highest BCUT2D eigenvalue weighted by Gasteiger charge is 2.56. The van der Waals surface area contributed by atoms with Gasteiger partial charge in [-0.15, -0.1) is 0 Å². The van der Waals surface area contributed by atoms with E-state index < -0.39 is 5.60 Å². The smallest absolute Gasteiger partial charge is 0.0850 e. The zero-order valence-corrected chi connectivity index (χ0v) is 8.71. The molecule has 3 fully saturated rings. The van der Waals surface area contributed by atoms with Gasteiger partial charge in [-0.1, -0.05) is 0 Å². The predicted octanol–water partition coefficient (Wildman–Crippen LogP) is 0.467. The van der Waals surface area contributed by atoms with Gasteiger partial charge in [-0.05, 0) is 38.5 Å². The van der Waals surface area contributed by atoms with E-state index in [2.05, 4.69) is 4.90 Å². The van der Waals surface area contributed by atoms with Crippen LogP contribution in [0.25, 0.3) is 0 Å². The van der Waals surface area contributed by atoms with Crippen molar-refractivity contribution in [1.29, 1.82) is 0 Å². The third kappa shape index (κ3) is 1.30. The second-order valence-electron chi connectivity index (χ2n) is 5.45. The van der Waals surface area contributed by atoms with Gasteiger partial charge < -0.3 is 15.7 Å². The minimum Gasteiger partial charge on any atom is -0.388 e. The molecule has 0 bridgehead atoms. The molecule has 1 aliphatic heterocycles. The van der Waals surface area contributed by atoms with Gasteiger partial charge in [-0.3, -0.25) is 0 Å². The van der Waals surface area contributed by atoms with Crippen molar-refractivity contribution in [2.24, 2.45) is 5.73 Å². The summed E-state index contributed by atoms with van der Waals surface area (Å²) in [7, 11) is 0. The van der Waals surface area contributed by atoms with Crippen LogP contribution in [0.3, 0.4) is 0 Å². The Bertz CT molecular complexity index is 238. The molecule has 0 aromatic carbocycles. The number of aliphatic hydroxyl groups is 1. The van der Waals surface area contributed by atoms with E-state index in [4.69, 9.17) is 5.73 Å². The number of rotatable bonds is 2. The summed E-state index contributed by atoms with van der Waals surface area (Å²) in [4.78, 5) is 2.53. The van der Waals surface area contributed by atoms with Gasteiger partial charge in [0.25, 0.3) is 0 Å². The largest absolute Gasteiger partial charge is 0.388 e. The van der Waals surface area contributed by atoms with Gasteiger partial charge in [0.2, 0.25) is 0 Å². The standard InChI is InChI=1S/C11H20N2O/c12-10(3-4-10)11(14)5-7-13(8-6-11)9-1-2-9/h9,14H,1-8,12H2. The van der Waals surface area contributed by atoms with Gasteiger partial charge in [0.1, 0.15) is 0 Å². The number of likely N-dealkylation sites (tertiary alicyclic amines) is 1. The molecule has 80 valence electrons. The molecule has 3 nitrogen and oxygen atoms in total. The van der Waals surface area contributed by atoms with E-state index in [9.17, 15) is 5.11 Å². The molecule has 1 heterocycles. The van der Waals surface area contributed by atoms with Crippen molar-refractivity contribution in [3.63, 3.8) is 0 Å². The molecule has 0 atom stereocenters. The van der Waals surface area contributed by atoms with E-state index in [1.54, 1.807) is 0 Å². The summed E-state index contributed by atoms with van der Waals surface area (Å²) < 4.78 is 0. The Kier molecular flexibility index (Phi) is 1.77. The van der Waals surface area contributed by atoms with Crippen molar-refractivity contribution < 1.29 is 5.11 Å². The molecular weight excluding hydrogens is 176 g/mol.